The number of rotatable bonds is 5. The van der Waals surface area contributed by atoms with Crippen LogP contribution in [0.2, 0.25) is 0 Å². The summed E-state index contributed by atoms with van der Waals surface area (Å²) in [6.07, 6.45) is 3.86. The monoisotopic (exact) mass is 274 g/mol. The van der Waals surface area contributed by atoms with Crippen molar-refractivity contribution in [3.05, 3.63) is 35.4 Å². The van der Waals surface area contributed by atoms with E-state index in [2.05, 4.69) is 11.8 Å². The molecule has 110 valence electrons. The van der Waals surface area contributed by atoms with E-state index in [1.165, 1.54) is 25.8 Å². The topological polar surface area (TPSA) is 23.6 Å². The molecule has 0 radical (unpaired) electrons. The van der Waals surface area contributed by atoms with Gasteiger partial charge in [0.15, 0.2) is 0 Å². The molecule has 1 aromatic carbocycles. The average molecular weight is 274 g/mol. The molecule has 0 bridgehead atoms. The van der Waals surface area contributed by atoms with Gasteiger partial charge in [-0.3, -0.25) is 9.69 Å². The van der Waals surface area contributed by atoms with E-state index in [1.54, 1.807) is 0 Å². The number of piperazine rings is 1. The molecule has 1 aromatic rings. The van der Waals surface area contributed by atoms with Crippen LogP contribution in [0.1, 0.15) is 42.1 Å². The first-order chi connectivity index (χ1) is 9.72. The first-order valence-electron chi connectivity index (χ1n) is 7.79. The van der Waals surface area contributed by atoms with Crippen LogP contribution in [-0.2, 0) is 0 Å². The van der Waals surface area contributed by atoms with Crippen LogP contribution in [0.4, 0.5) is 0 Å². The Morgan fingerprint density at radius 3 is 2.45 bits per heavy atom. The summed E-state index contributed by atoms with van der Waals surface area (Å²) < 4.78 is 0. The molecule has 3 nitrogen and oxygen atoms in total. The predicted molar refractivity (Wildman–Crippen MR) is 83.0 cm³/mol. The molecule has 0 aromatic heterocycles. The van der Waals surface area contributed by atoms with Crippen LogP contribution in [0.25, 0.3) is 0 Å². The van der Waals surface area contributed by atoms with Gasteiger partial charge in [-0.15, -0.1) is 0 Å². The minimum atomic E-state index is 0.191. The minimum Gasteiger partial charge on any atom is -0.336 e. The van der Waals surface area contributed by atoms with Crippen molar-refractivity contribution in [1.29, 1.82) is 0 Å². The van der Waals surface area contributed by atoms with Crippen molar-refractivity contribution in [3.8, 4) is 0 Å². The molecule has 0 atom stereocenters. The van der Waals surface area contributed by atoms with E-state index in [-0.39, 0.29) is 5.91 Å². The fourth-order valence-corrected chi connectivity index (χ4v) is 2.74. The van der Waals surface area contributed by atoms with Gasteiger partial charge in [-0.25, -0.2) is 0 Å². The van der Waals surface area contributed by atoms with E-state index in [1.807, 2.05) is 36.1 Å². The number of amides is 1. The Morgan fingerprint density at radius 1 is 1.10 bits per heavy atom. The lowest BCUT2D eigenvalue weighted by molar-refractivity contribution is 0.0634. The molecule has 1 amide bonds. The van der Waals surface area contributed by atoms with Gasteiger partial charge in [-0.2, -0.15) is 0 Å². The predicted octanol–water partition coefficient (Wildman–Crippen LogP) is 2.94. The number of hydrogen-bond donors (Lipinski definition) is 0. The second kappa shape index (κ2) is 7.44. The maximum atomic E-state index is 12.5. The summed E-state index contributed by atoms with van der Waals surface area (Å²) in [5.41, 5.74) is 1.93. The van der Waals surface area contributed by atoms with Gasteiger partial charge in [0.05, 0.1) is 0 Å². The van der Waals surface area contributed by atoms with Gasteiger partial charge in [0.2, 0.25) is 0 Å². The fourth-order valence-electron chi connectivity index (χ4n) is 2.74. The highest BCUT2D eigenvalue weighted by atomic mass is 16.2. The first kappa shape index (κ1) is 15.0. The smallest absolute Gasteiger partial charge is 0.254 e. The van der Waals surface area contributed by atoms with Crippen molar-refractivity contribution in [2.45, 2.75) is 33.1 Å². The molecule has 0 spiro atoms. The maximum absolute atomic E-state index is 12.5. The van der Waals surface area contributed by atoms with Crippen LogP contribution >= 0.6 is 0 Å². The standard InChI is InChI=1S/C17H26N2O/c1-3-4-7-10-18-11-13-19(14-12-18)17(20)16-9-6-5-8-15(16)2/h5-6,8-9H,3-4,7,10-14H2,1-2H3. The third-order valence-corrected chi connectivity index (χ3v) is 4.11. The van der Waals surface area contributed by atoms with Gasteiger partial charge in [0.25, 0.3) is 5.91 Å². The SMILES string of the molecule is CCCCCN1CCN(C(=O)c2ccccc2C)CC1. The Kier molecular flexibility index (Phi) is 5.60. The number of hydrogen-bond acceptors (Lipinski definition) is 2. The van der Waals surface area contributed by atoms with E-state index in [0.29, 0.717) is 0 Å². The summed E-state index contributed by atoms with van der Waals surface area (Å²) in [6, 6.07) is 7.87. The number of aryl methyl sites for hydroxylation is 1. The second-order valence-corrected chi connectivity index (χ2v) is 5.66. The zero-order valence-corrected chi connectivity index (χ0v) is 12.8. The van der Waals surface area contributed by atoms with Gasteiger partial charge >= 0.3 is 0 Å². The number of unbranched alkanes of at least 4 members (excludes halogenated alkanes) is 2. The lowest BCUT2D eigenvalue weighted by Crippen LogP contribution is -2.48. The van der Waals surface area contributed by atoms with Crippen LogP contribution in [0.15, 0.2) is 24.3 Å². The Morgan fingerprint density at radius 2 is 1.80 bits per heavy atom. The highest BCUT2D eigenvalue weighted by molar-refractivity contribution is 5.95. The number of benzene rings is 1. The number of nitrogens with zero attached hydrogens (tertiary/aromatic N) is 2. The molecule has 1 fully saturated rings. The van der Waals surface area contributed by atoms with E-state index in [0.717, 1.165) is 37.3 Å². The highest BCUT2D eigenvalue weighted by Gasteiger charge is 2.22. The Hall–Kier alpha value is -1.35. The molecule has 1 aliphatic heterocycles. The van der Waals surface area contributed by atoms with Gasteiger partial charge in [0.1, 0.15) is 0 Å². The van der Waals surface area contributed by atoms with E-state index in [4.69, 9.17) is 0 Å². The number of carbonyl (C=O) groups excluding carboxylic acids is 1. The number of carbonyl (C=O) groups is 1. The normalized spacial score (nSPS) is 16.4. The summed E-state index contributed by atoms with van der Waals surface area (Å²) in [6.45, 7) is 9.18. The van der Waals surface area contributed by atoms with Crippen LogP contribution < -0.4 is 0 Å². The largest absolute Gasteiger partial charge is 0.336 e. The van der Waals surface area contributed by atoms with E-state index >= 15 is 0 Å². The van der Waals surface area contributed by atoms with Crippen LogP contribution in [0, 0.1) is 6.92 Å². The second-order valence-electron chi connectivity index (χ2n) is 5.66. The third kappa shape index (κ3) is 3.83. The lowest BCUT2D eigenvalue weighted by atomic mass is 10.1. The van der Waals surface area contributed by atoms with Gasteiger partial charge < -0.3 is 4.90 Å². The third-order valence-electron chi connectivity index (χ3n) is 4.11. The van der Waals surface area contributed by atoms with E-state index < -0.39 is 0 Å². The molecule has 1 heterocycles. The molecule has 3 heteroatoms. The quantitative estimate of drug-likeness (QED) is 0.771. The fraction of sp³-hybridized carbons (Fsp3) is 0.588. The van der Waals surface area contributed by atoms with Crippen molar-refractivity contribution in [1.82, 2.24) is 9.80 Å². The Labute approximate surface area is 122 Å². The molecule has 0 saturated carbocycles. The highest BCUT2D eigenvalue weighted by Crippen LogP contribution is 2.13. The Bertz CT molecular complexity index is 436. The molecule has 1 saturated heterocycles. The molecular formula is C17H26N2O. The Balaban J connectivity index is 1.85. The molecule has 0 N–H and O–H groups in total. The van der Waals surface area contributed by atoms with Crippen LogP contribution in [-0.4, -0.2) is 48.4 Å². The van der Waals surface area contributed by atoms with Crippen molar-refractivity contribution in [3.63, 3.8) is 0 Å². The summed E-state index contributed by atoms with van der Waals surface area (Å²) in [5.74, 6) is 0.191. The summed E-state index contributed by atoms with van der Waals surface area (Å²) in [7, 11) is 0. The van der Waals surface area contributed by atoms with Crippen LogP contribution in [0.3, 0.4) is 0 Å². The minimum absolute atomic E-state index is 0.191. The molecule has 1 aliphatic rings. The van der Waals surface area contributed by atoms with Crippen molar-refractivity contribution < 1.29 is 4.79 Å². The van der Waals surface area contributed by atoms with Gasteiger partial charge in [0, 0.05) is 31.7 Å². The van der Waals surface area contributed by atoms with Crippen molar-refractivity contribution in [2.24, 2.45) is 0 Å². The van der Waals surface area contributed by atoms with Gasteiger partial charge in [-0.1, -0.05) is 38.0 Å². The maximum Gasteiger partial charge on any atom is 0.254 e. The summed E-state index contributed by atoms with van der Waals surface area (Å²) in [4.78, 5) is 17.0. The molecule has 0 aliphatic carbocycles. The first-order valence-corrected chi connectivity index (χ1v) is 7.79. The molecule has 0 unspecified atom stereocenters. The average Bonchev–Trinajstić information content (AvgIpc) is 2.48. The van der Waals surface area contributed by atoms with E-state index in [9.17, 15) is 4.79 Å². The summed E-state index contributed by atoms with van der Waals surface area (Å²) in [5, 5.41) is 0. The lowest BCUT2D eigenvalue weighted by Gasteiger charge is -2.35. The van der Waals surface area contributed by atoms with Gasteiger partial charge in [-0.05, 0) is 31.5 Å². The van der Waals surface area contributed by atoms with Crippen molar-refractivity contribution >= 4 is 5.91 Å². The zero-order chi connectivity index (χ0) is 14.4. The van der Waals surface area contributed by atoms with Crippen LogP contribution in [0.5, 0.6) is 0 Å². The molecule has 20 heavy (non-hydrogen) atoms. The molecule has 2 rings (SSSR count). The van der Waals surface area contributed by atoms with Crippen molar-refractivity contribution in [2.75, 3.05) is 32.7 Å². The zero-order valence-electron chi connectivity index (χ0n) is 12.8. The summed E-state index contributed by atoms with van der Waals surface area (Å²) >= 11 is 0. The molecular weight excluding hydrogens is 248 g/mol.